The Balaban J connectivity index is 1.49. The van der Waals surface area contributed by atoms with Crippen molar-refractivity contribution in [1.82, 2.24) is 15.0 Å². The van der Waals surface area contributed by atoms with Gasteiger partial charge in [0.25, 0.3) is 0 Å². The highest BCUT2D eigenvalue weighted by atomic mass is 32.2. The normalized spacial score (nSPS) is 22.2. The highest BCUT2D eigenvalue weighted by Gasteiger charge is 2.29. The molecule has 32 heavy (non-hydrogen) atoms. The summed E-state index contributed by atoms with van der Waals surface area (Å²) in [6.45, 7) is 2.64. The molecule has 3 aromatic rings. The Morgan fingerprint density at radius 3 is 2.84 bits per heavy atom. The Kier molecular flexibility index (Phi) is 5.71. The number of aliphatic hydroxyl groups is 1. The van der Waals surface area contributed by atoms with Crippen LogP contribution in [-0.2, 0) is 14.2 Å². The minimum Gasteiger partial charge on any atom is -0.468 e. The van der Waals surface area contributed by atoms with Gasteiger partial charge < -0.3 is 19.9 Å². The Hall–Kier alpha value is -2.75. The van der Waals surface area contributed by atoms with Crippen molar-refractivity contribution >= 4 is 43.4 Å². The molecule has 0 bridgehead atoms. The summed E-state index contributed by atoms with van der Waals surface area (Å²) in [6.07, 6.45) is 4.50. The van der Waals surface area contributed by atoms with E-state index in [0.29, 0.717) is 24.0 Å². The first-order valence-electron chi connectivity index (χ1n) is 10.8. The summed E-state index contributed by atoms with van der Waals surface area (Å²) >= 11 is 0. The lowest BCUT2D eigenvalue weighted by atomic mass is 10.1. The maximum Gasteiger partial charge on any atom is 0.238 e. The molecule has 2 saturated heterocycles. The molecule has 2 aliphatic heterocycles. The van der Waals surface area contributed by atoms with Gasteiger partial charge in [-0.1, -0.05) is 5.87 Å². The molecule has 0 saturated carbocycles. The zero-order valence-corrected chi connectivity index (χ0v) is 18.8. The summed E-state index contributed by atoms with van der Waals surface area (Å²) in [4.78, 5) is 13.3. The number of hydrogen-bond donors (Lipinski definition) is 2. The van der Waals surface area contributed by atoms with Gasteiger partial charge >= 0.3 is 0 Å². The number of benzene rings is 1. The van der Waals surface area contributed by atoms with E-state index in [1.54, 1.807) is 12.5 Å². The lowest BCUT2D eigenvalue weighted by Crippen LogP contribution is -2.30. The first kappa shape index (κ1) is 21.1. The molecule has 1 aromatic carbocycles. The molecule has 2 fully saturated rings. The van der Waals surface area contributed by atoms with Crippen molar-refractivity contribution in [1.29, 1.82) is 0 Å². The van der Waals surface area contributed by atoms with Crippen molar-refractivity contribution in [3.63, 3.8) is 0 Å². The molecule has 2 aliphatic rings. The molecule has 2 N–H and O–H groups in total. The average Bonchev–Trinajstić information content (AvgIpc) is 3.37. The molecule has 0 radical (unpaired) electrons. The van der Waals surface area contributed by atoms with Crippen molar-refractivity contribution in [2.75, 3.05) is 30.0 Å². The van der Waals surface area contributed by atoms with E-state index in [9.17, 15) is 5.11 Å². The molecule has 0 unspecified atom stereocenters. The van der Waals surface area contributed by atoms with Crippen LogP contribution in [0.3, 0.4) is 0 Å². The van der Waals surface area contributed by atoms with E-state index in [0.717, 1.165) is 33.7 Å². The fourth-order valence-corrected chi connectivity index (χ4v) is 6.59. The number of pyridine rings is 1. The van der Waals surface area contributed by atoms with E-state index in [2.05, 4.69) is 32.2 Å². The number of anilines is 2. The highest BCUT2D eigenvalue weighted by molar-refractivity contribution is 8.02. The molecule has 9 heteroatoms. The van der Waals surface area contributed by atoms with E-state index in [1.165, 1.54) is 12.8 Å². The van der Waals surface area contributed by atoms with Crippen LogP contribution < -0.4 is 10.1 Å². The van der Waals surface area contributed by atoms with Gasteiger partial charge in [-0.05, 0) is 61.1 Å². The van der Waals surface area contributed by atoms with E-state index in [4.69, 9.17) is 13.8 Å². The van der Waals surface area contributed by atoms with Gasteiger partial charge in [0.05, 0.1) is 24.4 Å². The van der Waals surface area contributed by atoms with Gasteiger partial charge in [0.1, 0.15) is 23.9 Å². The number of aliphatic hydroxyl groups excluding tert-OH is 1. The molecular formula is C23H27N5O3S. The largest absolute Gasteiger partial charge is 0.468 e. The van der Waals surface area contributed by atoms with Gasteiger partial charge in [-0.15, -0.1) is 9.41 Å². The Morgan fingerprint density at radius 2 is 2.06 bits per heavy atom. The van der Waals surface area contributed by atoms with Crippen molar-refractivity contribution in [2.45, 2.75) is 32.0 Å². The second-order valence-electron chi connectivity index (χ2n) is 8.33. The van der Waals surface area contributed by atoms with Crippen LogP contribution >= 0.6 is 0 Å². The first-order chi connectivity index (χ1) is 15.5. The van der Waals surface area contributed by atoms with Crippen LogP contribution in [0.2, 0.25) is 0 Å². The third-order valence-electron chi connectivity index (χ3n) is 5.80. The monoisotopic (exact) mass is 453 g/mol. The van der Waals surface area contributed by atoms with E-state index < -0.39 is 21.6 Å². The van der Waals surface area contributed by atoms with Crippen LogP contribution in [0.4, 0.5) is 17.2 Å². The van der Waals surface area contributed by atoms with Gasteiger partial charge in [-0.3, -0.25) is 0 Å². The minimum atomic E-state index is -1.16. The maximum absolute atomic E-state index is 10.0. The fraction of sp³-hybridized carbons (Fsp3) is 0.391. The quantitative estimate of drug-likeness (QED) is 0.571. The van der Waals surface area contributed by atoms with Crippen LogP contribution in [0.5, 0.6) is 5.88 Å². The van der Waals surface area contributed by atoms with Crippen LogP contribution in [0, 0.1) is 6.92 Å². The smallest absolute Gasteiger partial charge is 0.238 e. The molecule has 4 heterocycles. The van der Waals surface area contributed by atoms with Crippen molar-refractivity contribution in [2.24, 2.45) is 4.36 Å². The highest BCUT2D eigenvalue weighted by Crippen LogP contribution is 2.33. The fourth-order valence-electron chi connectivity index (χ4n) is 4.17. The zero-order chi connectivity index (χ0) is 22.1. The number of rotatable bonds is 5. The minimum absolute atomic E-state index is 0.264. The van der Waals surface area contributed by atoms with Gasteiger partial charge in [0.15, 0.2) is 6.10 Å². The first-order valence-corrected chi connectivity index (χ1v) is 12.9. The summed E-state index contributed by atoms with van der Waals surface area (Å²) in [5.74, 6) is 7.69. The van der Waals surface area contributed by atoms with E-state index >= 15 is 0 Å². The molecule has 8 nitrogen and oxygen atoms in total. The molecule has 2 aromatic heterocycles. The Labute approximate surface area is 187 Å². The molecular weight excluding hydrogens is 426 g/mol. The summed E-state index contributed by atoms with van der Waals surface area (Å²) in [6, 6.07) is 7.79. The number of fused-ring (bicyclic) bond motifs is 1. The number of ether oxygens (including phenoxy) is 2. The summed E-state index contributed by atoms with van der Waals surface area (Å²) in [5.41, 5.74) is 3.46. The summed E-state index contributed by atoms with van der Waals surface area (Å²) in [7, 11) is -1.16. The Bertz CT molecular complexity index is 1260. The van der Waals surface area contributed by atoms with Crippen LogP contribution in [0.1, 0.15) is 18.4 Å². The molecule has 2 atom stereocenters. The molecule has 0 spiro atoms. The number of hydrogen-bond acceptors (Lipinski definition) is 8. The number of nitrogens with one attached hydrogen (secondary N) is 1. The van der Waals surface area contributed by atoms with Gasteiger partial charge in [0, 0.05) is 11.6 Å². The standard InChI is InChI=1S/C23H27N5O3S/c1-15-10-16(28-32(2)8-3-4-9-32)11-18-21(15)22(26-14-25-18)27-17-6-5-7-24-23(17)31-20-13-30-12-19(20)29/h5-7,10-11,14,19-20,29H,2-4,8-9,12-13H2,1H3,(H,25,26,27)/t19-,20-/m1/s1. The summed E-state index contributed by atoms with van der Waals surface area (Å²) < 4.78 is 16.2. The second-order valence-corrected chi connectivity index (χ2v) is 11.3. The Morgan fingerprint density at radius 1 is 1.22 bits per heavy atom. The second kappa shape index (κ2) is 8.65. The molecule has 0 amide bonds. The SMILES string of the molecule is C=S1(=Nc2cc(C)c3c(Nc4cccnc4O[C@@H]4COC[C@H]4O)ncnc3c2)CCCC1. The maximum atomic E-state index is 10.0. The van der Waals surface area contributed by atoms with Crippen LogP contribution in [0.15, 0.2) is 41.2 Å². The van der Waals surface area contributed by atoms with Crippen molar-refractivity contribution < 1.29 is 14.6 Å². The lowest BCUT2D eigenvalue weighted by Gasteiger charge is -2.18. The number of aromatic nitrogens is 3. The van der Waals surface area contributed by atoms with Crippen LogP contribution in [-0.4, -0.2) is 62.9 Å². The topological polar surface area (TPSA) is 102 Å². The van der Waals surface area contributed by atoms with Gasteiger partial charge in [-0.2, -0.15) is 0 Å². The molecule has 168 valence electrons. The third kappa shape index (κ3) is 4.28. The predicted molar refractivity (Wildman–Crippen MR) is 129 cm³/mol. The lowest BCUT2D eigenvalue weighted by molar-refractivity contribution is 0.0709. The van der Waals surface area contributed by atoms with E-state index in [-0.39, 0.29) is 6.61 Å². The number of aryl methyl sites for hydroxylation is 1. The van der Waals surface area contributed by atoms with Gasteiger partial charge in [-0.25, -0.2) is 19.3 Å². The predicted octanol–water partition coefficient (Wildman–Crippen LogP) is 3.41. The van der Waals surface area contributed by atoms with Crippen molar-refractivity contribution in [3.8, 4) is 5.88 Å². The average molecular weight is 454 g/mol. The third-order valence-corrected chi connectivity index (χ3v) is 8.50. The van der Waals surface area contributed by atoms with E-state index in [1.807, 2.05) is 25.1 Å². The molecule has 5 rings (SSSR count). The summed E-state index contributed by atoms with van der Waals surface area (Å²) in [5, 5.41) is 14.3. The van der Waals surface area contributed by atoms with Crippen LogP contribution in [0.25, 0.3) is 10.9 Å². The van der Waals surface area contributed by atoms with Gasteiger partial charge in [0.2, 0.25) is 5.88 Å². The number of nitrogens with zero attached hydrogens (tertiary/aromatic N) is 4. The molecule has 0 aliphatic carbocycles. The zero-order valence-electron chi connectivity index (χ0n) is 18.0. The van der Waals surface area contributed by atoms with Crippen molar-refractivity contribution in [3.05, 3.63) is 42.4 Å².